The average molecular weight is 277 g/mol. The topological polar surface area (TPSA) is 47.5 Å². The van der Waals surface area contributed by atoms with Gasteiger partial charge in [-0.25, -0.2) is 9.97 Å². The minimum Gasteiger partial charge on any atom is -0.381 e. The van der Waals surface area contributed by atoms with E-state index in [-0.39, 0.29) is 6.10 Å². The van der Waals surface area contributed by atoms with Crippen molar-refractivity contribution in [3.05, 3.63) is 23.8 Å². The van der Waals surface area contributed by atoms with Gasteiger partial charge in [-0.3, -0.25) is 4.90 Å². The minimum atomic E-state index is 0.100. The lowest BCUT2D eigenvalue weighted by molar-refractivity contribution is 0.0402. The zero-order chi connectivity index (χ0) is 13.8. The summed E-state index contributed by atoms with van der Waals surface area (Å²) in [6.45, 7) is 3.45. The van der Waals surface area contributed by atoms with E-state index in [1.807, 2.05) is 12.3 Å². The van der Waals surface area contributed by atoms with Crippen molar-refractivity contribution in [1.29, 1.82) is 0 Å². The zero-order valence-electron chi connectivity index (χ0n) is 12.1. The molecule has 3 rings (SSSR count). The van der Waals surface area contributed by atoms with Gasteiger partial charge in [-0.05, 0) is 38.8 Å². The van der Waals surface area contributed by atoms with Crippen LogP contribution in [0.1, 0.15) is 43.3 Å². The molecule has 2 fully saturated rings. The smallest absolute Gasteiger partial charge is 0.157 e. The van der Waals surface area contributed by atoms with E-state index in [4.69, 9.17) is 9.47 Å². The lowest BCUT2D eigenvalue weighted by Gasteiger charge is -2.30. The number of hydrogen-bond acceptors (Lipinski definition) is 5. The first-order valence-corrected chi connectivity index (χ1v) is 7.54. The van der Waals surface area contributed by atoms with Crippen LogP contribution < -0.4 is 0 Å². The average Bonchev–Trinajstić information content (AvgIpc) is 3.03. The van der Waals surface area contributed by atoms with Crippen LogP contribution in [0.3, 0.4) is 0 Å². The molecule has 0 bridgehead atoms. The molecule has 5 heteroatoms. The lowest BCUT2D eigenvalue weighted by Crippen LogP contribution is -2.36. The van der Waals surface area contributed by atoms with Gasteiger partial charge in [0.15, 0.2) is 5.82 Å². The van der Waals surface area contributed by atoms with Crippen LogP contribution in [-0.2, 0) is 16.0 Å². The summed E-state index contributed by atoms with van der Waals surface area (Å²) < 4.78 is 11.1. The molecule has 0 amide bonds. The van der Waals surface area contributed by atoms with Crippen LogP contribution in [0.2, 0.25) is 0 Å². The molecule has 2 aliphatic heterocycles. The second-order valence-corrected chi connectivity index (χ2v) is 5.67. The van der Waals surface area contributed by atoms with Crippen LogP contribution in [0.4, 0.5) is 0 Å². The summed E-state index contributed by atoms with van der Waals surface area (Å²) in [6.07, 6.45) is 6.33. The third-order valence-corrected chi connectivity index (χ3v) is 4.18. The lowest BCUT2D eigenvalue weighted by atomic mass is 10.1. The highest BCUT2D eigenvalue weighted by atomic mass is 16.5. The maximum atomic E-state index is 5.66. The Bertz CT molecular complexity index is 429. The summed E-state index contributed by atoms with van der Waals surface area (Å²) in [4.78, 5) is 11.4. The van der Waals surface area contributed by atoms with Gasteiger partial charge < -0.3 is 9.47 Å². The number of nitrogens with zero attached hydrogens (tertiary/aromatic N) is 3. The van der Waals surface area contributed by atoms with E-state index in [2.05, 4.69) is 21.9 Å². The van der Waals surface area contributed by atoms with Gasteiger partial charge in [0.25, 0.3) is 0 Å². The maximum absolute atomic E-state index is 5.66. The molecule has 0 radical (unpaired) electrons. The molecule has 1 atom stereocenters. The Morgan fingerprint density at radius 1 is 1.25 bits per heavy atom. The molecule has 2 saturated heterocycles. The van der Waals surface area contributed by atoms with Crippen LogP contribution in [0.25, 0.3) is 0 Å². The summed E-state index contributed by atoms with van der Waals surface area (Å²) in [7, 11) is 2.17. The molecule has 0 spiro atoms. The first kappa shape index (κ1) is 13.9. The van der Waals surface area contributed by atoms with Crippen molar-refractivity contribution in [2.24, 2.45) is 0 Å². The molecule has 0 N–H and O–H groups in total. The van der Waals surface area contributed by atoms with E-state index in [1.54, 1.807) is 0 Å². The van der Waals surface area contributed by atoms with E-state index < -0.39 is 0 Å². The van der Waals surface area contributed by atoms with Gasteiger partial charge in [-0.15, -0.1) is 0 Å². The molecule has 110 valence electrons. The summed E-state index contributed by atoms with van der Waals surface area (Å²) in [5.41, 5.74) is 1.08. The Morgan fingerprint density at radius 3 is 2.85 bits per heavy atom. The molecule has 1 aromatic heterocycles. The maximum Gasteiger partial charge on any atom is 0.157 e. The molecular formula is C15H23N3O2. The standard InChI is InChI=1S/C15H23N3O2/c1-18(13-5-9-19-10-6-13)11-12-4-7-16-15(17-12)14-3-2-8-20-14/h4,7,13-14H,2-3,5-6,8-11H2,1H3/t14-/m1/s1. The fourth-order valence-electron chi connectivity index (χ4n) is 2.95. The van der Waals surface area contributed by atoms with Crippen molar-refractivity contribution >= 4 is 0 Å². The first-order valence-electron chi connectivity index (χ1n) is 7.54. The van der Waals surface area contributed by atoms with E-state index in [9.17, 15) is 0 Å². The number of ether oxygens (including phenoxy) is 2. The van der Waals surface area contributed by atoms with Crippen LogP contribution in [0.5, 0.6) is 0 Å². The van der Waals surface area contributed by atoms with Crippen molar-refractivity contribution in [1.82, 2.24) is 14.9 Å². The second-order valence-electron chi connectivity index (χ2n) is 5.67. The fourth-order valence-corrected chi connectivity index (χ4v) is 2.95. The highest BCUT2D eigenvalue weighted by molar-refractivity contribution is 5.05. The van der Waals surface area contributed by atoms with Gasteiger partial charge in [0.2, 0.25) is 0 Å². The molecule has 20 heavy (non-hydrogen) atoms. The van der Waals surface area contributed by atoms with E-state index in [0.717, 1.165) is 63.6 Å². The Balaban J connectivity index is 1.62. The first-order chi connectivity index (χ1) is 9.83. The molecule has 0 unspecified atom stereocenters. The van der Waals surface area contributed by atoms with Crippen molar-refractivity contribution in [2.75, 3.05) is 26.9 Å². The van der Waals surface area contributed by atoms with Crippen LogP contribution in [0.15, 0.2) is 12.3 Å². The number of rotatable bonds is 4. The van der Waals surface area contributed by atoms with Gasteiger partial charge >= 0.3 is 0 Å². The minimum absolute atomic E-state index is 0.100. The van der Waals surface area contributed by atoms with Gasteiger partial charge in [-0.1, -0.05) is 0 Å². The predicted molar refractivity (Wildman–Crippen MR) is 75.3 cm³/mol. The number of aromatic nitrogens is 2. The van der Waals surface area contributed by atoms with Crippen LogP contribution >= 0.6 is 0 Å². The number of hydrogen-bond donors (Lipinski definition) is 0. The molecule has 1 aromatic rings. The van der Waals surface area contributed by atoms with Crippen molar-refractivity contribution in [3.63, 3.8) is 0 Å². The Labute approximate surface area is 120 Å². The van der Waals surface area contributed by atoms with Crippen LogP contribution in [-0.4, -0.2) is 47.8 Å². The highest BCUT2D eigenvalue weighted by Gasteiger charge is 2.22. The van der Waals surface area contributed by atoms with Gasteiger partial charge in [0, 0.05) is 38.6 Å². The molecule has 0 aromatic carbocycles. The molecule has 0 saturated carbocycles. The molecule has 5 nitrogen and oxygen atoms in total. The summed E-state index contributed by atoms with van der Waals surface area (Å²) in [5, 5.41) is 0. The summed E-state index contributed by atoms with van der Waals surface area (Å²) >= 11 is 0. The van der Waals surface area contributed by atoms with E-state index in [0.29, 0.717) is 6.04 Å². The Morgan fingerprint density at radius 2 is 2.10 bits per heavy atom. The predicted octanol–water partition coefficient (Wildman–Crippen LogP) is 1.94. The van der Waals surface area contributed by atoms with Crippen LogP contribution in [0, 0.1) is 0 Å². The second kappa shape index (κ2) is 6.61. The summed E-state index contributed by atoms with van der Waals surface area (Å²) in [6, 6.07) is 2.61. The van der Waals surface area contributed by atoms with Gasteiger partial charge in [0.05, 0.1) is 5.69 Å². The monoisotopic (exact) mass is 277 g/mol. The zero-order valence-corrected chi connectivity index (χ0v) is 12.1. The molecule has 2 aliphatic rings. The van der Waals surface area contributed by atoms with Gasteiger partial charge in [-0.2, -0.15) is 0 Å². The fraction of sp³-hybridized carbons (Fsp3) is 0.733. The molecule has 3 heterocycles. The molecular weight excluding hydrogens is 254 g/mol. The van der Waals surface area contributed by atoms with Crippen molar-refractivity contribution in [2.45, 2.75) is 44.4 Å². The Hall–Kier alpha value is -1.04. The largest absolute Gasteiger partial charge is 0.381 e. The van der Waals surface area contributed by atoms with E-state index >= 15 is 0 Å². The van der Waals surface area contributed by atoms with Crippen molar-refractivity contribution < 1.29 is 9.47 Å². The molecule has 0 aliphatic carbocycles. The van der Waals surface area contributed by atoms with Crippen molar-refractivity contribution in [3.8, 4) is 0 Å². The SMILES string of the molecule is CN(Cc1ccnc([C@H]2CCCO2)n1)C1CCOCC1. The quantitative estimate of drug-likeness (QED) is 0.841. The third-order valence-electron chi connectivity index (χ3n) is 4.18. The highest BCUT2D eigenvalue weighted by Crippen LogP contribution is 2.25. The normalized spacial score (nSPS) is 24.4. The van der Waals surface area contributed by atoms with Gasteiger partial charge in [0.1, 0.15) is 6.10 Å². The van der Waals surface area contributed by atoms with E-state index in [1.165, 1.54) is 0 Å². The summed E-state index contributed by atoms with van der Waals surface area (Å²) in [5.74, 6) is 0.848. The Kier molecular flexibility index (Phi) is 4.60. The third kappa shape index (κ3) is 3.34.